The number of fused-ring (bicyclic) bond motifs is 4. The molecule has 0 saturated heterocycles. The second-order valence-electron chi connectivity index (χ2n) is 9.50. The summed E-state index contributed by atoms with van der Waals surface area (Å²) < 4.78 is 4.88. The largest absolute Gasteiger partial charge is 0.510 e. The lowest BCUT2D eigenvalue weighted by Gasteiger charge is -2.27. The number of nitrogens with one attached hydrogen (secondary N) is 2. The van der Waals surface area contributed by atoms with Gasteiger partial charge in [0.2, 0.25) is 16.3 Å². The molecule has 2 aromatic rings. The number of aliphatic hydroxyl groups excluding tert-OH is 2. The van der Waals surface area contributed by atoms with Crippen molar-refractivity contribution in [3.05, 3.63) is 101 Å². The molecule has 6 rings (SSSR count). The van der Waals surface area contributed by atoms with E-state index >= 15 is 0 Å². The summed E-state index contributed by atoms with van der Waals surface area (Å²) in [6, 6.07) is 2.41. The first kappa shape index (κ1) is 24.6. The maximum absolute atomic E-state index is 13.6. The lowest BCUT2D eigenvalue weighted by atomic mass is 9.78. The van der Waals surface area contributed by atoms with Gasteiger partial charge >= 0.3 is 0 Å². The highest BCUT2D eigenvalue weighted by Gasteiger charge is 2.53. The first-order valence-electron chi connectivity index (χ1n) is 11.6. The van der Waals surface area contributed by atoms with Gasteiger partial charge in [0.05, 0.1) is 38.9 Å². The zero-order valence-corrected chi connectivity index (χ0v) is 21.2. The van der Waals surface area contributed by atoms with Crippen molar-refractivity contribution >= 4 is 39.6 Å². The van der Waals surface area contributed by atoms with Crippen molar-refractivity contribution in [2.75, 3.05) is 7.11 Å². The Morgan fingerprint density at radius 2 is 1.62 bits per heavy atom. The number of benzene rings is 1. The highest BCUT2D eigenvalue weighted by atomic mass is 32.2. The molecule has 1 aromatic carbocycles. The van der Waals surface area contributed by atoms with Crippen LogP contribution in [0.25, 0.3) is 22.3 Å². The average Bonchev–Trinajstić information content (AvgIpc) is 3.39. The molecule has 1 aromatic heterocycles. The molecule has 0 aliphatic heterocycles. The van der Waals surface area contributed by atoms with Gasteiger partial charge < -0.3 is 30.4 Å². The van der Waals surface area contributed by atoms with Gasteiger partial charge in [0.1, 0.15) is 22.7 Å². The number of rotatable bonds is 3. The molecule has 196 valence electrons. The number of ether oxygens (including phenoxy) is 1. The molecule has 11 nitrogen and oxygen atoms in total. The lowest BCUT2D eigenvalue weighted by molar-refractivity contribution is 0.362. The van der Waals surface area contributed by atoms with Crippen LogP contribution in [0, 0.1) is 22.8 Å². The number of thioether (sulfide) groups is 1. The van der Waals surface area contributed by atoms with Gasteiger partial charge in [-0.25, -0.2) is 0 Å². The number of hydrogen-bond acceptors (Lipinski definition) is 11. The predicted octanol–water partition coefficient (Wildman–Crippen LogP) is -0.479. The van der Waals surface area contributed by atoms with E-state index in [9.17, 15) is 39.3 Å². The summed E-state index contributed by atoms with van der Waals surface area (Å²) in [5.41, 5.74) is -5.07. The summed E-state index contributed by atoms with van der Waals surface area (Å²) in [5, 5.41) is 39.6. The van der Waals surface area contributed by atoms with Crippen molar-refractivity contribution in [2.24, 2.45) is 0 Å². The molecular weight excluding hydrogens is 528 g/mol. The predicted molar refractivity (Wildman–Crippen MR) is 143 cm³/mol. The van der Waals surface area contributed by atoms with Gasteiger partial charge in [-0.3, -0.25) is 24.0 Å². The zero-order chi connectivity index (χ0) is 28.1. The third-order valence-electron chi connectivity index (χ3n) is 7.69. The normalized spacial score (nSPS) is 17.8. The third-order valence-corrected chi connectivity index (χ3v) is 8.51. The Labute approximate surface area is 219 Å². The quantitative estimate of drug-likeness (QED) is 0.127. The fourth-order valence-electron chi connectivity index (χ4n) is 6.13. The van der Waals surface area contributed by atoms with E-state index in [0.717, 1.165) is 30.5 Å². The van der Waals surface area contributed by atoms with Gasteiger partial charge in [-0.2, -0.15) is 0 Å². The van der Waals surface area contributed by atoms with Gasteiger partial charge in [-0.05, 0) is 31.4 Å². The van der Waals surface area contributed by atoms with Crippen LogP contribution in [0.2, 0.25) is 0 Å². The average molecular weight is 547 g/mol. The summed E-state index contributed by atoms with van der Waals surface area (Å²) in [5.74, 6) is -2.58. The van der Waals surface area contributed by atoms with E-state index < -0.39 is 76.6 Å². The monoisotopic (exact) mass is 546 g/mol. The van der Waals surface area contributed by atoms with Crippen molar-refractivity contribution in [2.45, 2.75) is 30.1 Å². The van der Waals surface area contributed by atoms with Gasteiger partial charge in [-0.15, -0.1) is 0 Å². The van der Waals surface area contributed by atoms with Crippen LogP contribution in [0.4, 0.5) is 0 Å². The van der Waals surface area contributed by atoms with Gasteiger partial charge in [0, 0.05) is 27.6 Å². The fraction of sp³-hybridized carbons (Fsp3) is 0.185. The van der Waals surface area contributed by atoms with Gasteiger partial charge in [0.15, 0.2) is 11.2 Å². The first-order chi connectivity index (χ1) is 18.5. The van der Waals surface area contributed by atoms with Gasteiger partial charge in [-0.1, -0.05) is 11.8 Å². The number of aliphatic hydroxyl groups is 2. The zero-order valence-electron chi connectivity index (χ0n) is 20.3. The maximum Gasteiger partial charge on any atom is 0.259 e. The number of aromatic hydroxyl groups is 1. The Bertz CT molecular complexity index is 2320. The minimum absolute atomic E-state index is 0.0926. The number of methoxy groups -OCH3 is 1. The van der Waals surface area contributed by atoms with Crippen LogP contribution in [0.3, 0.4) is 0 Å². The standard InChI is InChI=1S/C27H18N2O9S/c1-8-5-10-13(26(37)29-8)22(34)18-9(23(10)39-7-28)3-4-27(18)24(35)16-17(25(27)36)21(33)15-14(20(16)32)11(30)6-12(38-2)19(15)31/h5-7,28,34-36H,3-4H2,1-2H3,(H,29,37). The molecule has 0 fully saturated rings. The van der Waals surface area contributed by atoms with Crippen LogP contribution in [-0.2, 0) is 11.8 Å². The van der Waals surface area contributed by atoms with Crippen LogP contribution in [0.1, 0.15) is 23.2 Å². The highest BCUT2D eigenvalue weighted by Crippen LogP contribution is 2.56. The topological polar surface area (TPSA) is 195 Å². The van der Waals surface area contributed by atoms with Crippen molar-refractivity contribution in [3.63, 3.8) is 0 Å². The Morgan fingerprint density at radius 3 is 2.23 bits per heavy atom. The minimum Gasteiger partial charge on any atom is -0.510 e. The van der Waals surface area contributed by atoms with Crippen LogP contribution in [-0.4, -0.2) is 33.0 Å². The van der Waals surface area contributed by atoms with E-state index in [2.05, 4.69) is 4.98 Å². The number of aromatic amines is 1. The van der Waals surface area contributed by atoms with E-state index in [1.807, 2.05) is 0 Å². The lowest BCUT2D eigenvalue weighted by Crippen LogP contribution is -2.51. The van der Waals surface area contributed by atoms with Gasteiger partial charge in [0.25, 0.3) is 5.56 Å². The Hall–Kier alpha value is -4.71. The maximum atomic E-state index is 13.6. The van der Waals surface area contributed by atoms with Crippen LogP contribution in [0.15, 0.2) is 41.0 Å². The second kappa shape index (κ2) is 7.90. The number of hydrogen-bond donors (Lipinski definition) is 5. The van der Waals surface area contributed by atoms with Crippen LogP contribution >= 0.6 is 11.8 Å². The molecular formula is C27H18N2O9S. The number of pyridine rings is 1. The SMILES string of the molecule is COc1cc(=O)c2c(=O)c3c(c(=O)c=2c1=O)=C(O)C1(CCc2c1c(O)c1c(=O)[nH]c(C)cc1c2SC=N)C=3O. The molecule has 1 heterocycles. The molecule has 1 unspecified atom stereocenters. The fourth-order valence-corrected chi connectivity index (χ4v) is 6.88. The molecule has 0 saturated carbocycles. The Morgan fingerprint density at radius 1 is 0.974 bits per heavy atom. The van der Waals surface area contributed by atoms with E-state index in [-0.39, 0.29) is 23.8 Å². The van der Waals surface area contributed by atoms with E-state index in [4.69, 9.17) is 10.1 Å². The minimum atomic E-state index is -2.00. The van der Waals surface area contributed by atoms with Crippen LogP contribution in [0.5, 0.6) is 11.5 Å². The molecule has 1 atom stereocenters. The Kier molecular flexibility index (Phi) is 4.99. The van der Waals surface area contributed by atoms with E-state index in [0.29, 0.717) is 21.5 Å². The molecule has 4 aliphatic rings. The van der Waals surface area contributed by atoms with Crippen molar-refractivity contribution < 1.29 is 20.1 Å². The number of H-pyrrole nitrogens is 1. The second-order valence-corrected chi connectivity index (χ2v) is 10.4. The third kappa shape index (κ3) is 2.78. The number of phenols is 1. The molecule has 12 heteroatoms. The smallest absolute Gasteiger partial charge is 0.259 e. The summed E-state index contributed by atoms with van der Waals surface area (Å²) in [6.07, 6.45) is 0.00627. The van der Waals surface area contributed by atoms with E-state index in [1.165, 1.54) is 0 Å². The molecule has 1 spiro atoms. The summed E-state index contributed by atoms with van der Waals surface area (Å²) in [7, 11) is 1.12. The number of phenolic OH excluding ortho intramolecular Hbond substituents is 1. The summed E-state index contributed by atoms with van der Waals surface area (Å²) >= 11 is 0.957. The highest BCUT2D eigenvalue weighted by molar-refractivity contribution is 8.12. The van der Waals surface area contributed by atoms with E-state index in [1.54, 1.807) is 13.0 Å². The van der Waals surface area contributed by atoms with Crippen molar-refractivity contribution in [3.8, 4) is 11.5 Å². The molecule has 0 radical (unpaired) electrons. The summed E-state index contributed by atoms with van der Waals surface area (Å²) in [6.45, 7) is 1.65. The first-order valence-corrected chi connectivity index (χ1v) is 12.5. The molecule has 0 amide bonds. The van der Waals surface area contributed by atoms with Crippen molar-refractivity contribution in [1.82, 2.24) is 4.98 Å². The molecule has 5 N–H and O–H groups in total. The number of aryl methyl sites for hydroxylation is 1. The summed E-state index contributed by atoms with van der Waals surface area (Å²) in [4.78, 5) is 68.8. The molecule has 4 aliphatic carbocycles. The molecule has 39 heavy (non-hydrogen) atoms. The number of aromatic nitrogens is 1. The van der Waals surface area contributed by atoms with Crippen molar-refractivity contribution in [1.29, 1.82) is 5.41 Å². The Balaban J connectivity index is 1.88. The molecule has 0 bridgehead atoms. The van der Waals surface area contributed by atoms with Crippen LogP contribution < -0.4 is 42.4 Å².